The molecule has 0 amide bonds. The lowest BCUT2D eigenvalue weighted by atomic mass is 9.98. The van der Waals surface area contributed by atoms with Crippen molar-refractivity contribution in [3.05, 3.63) is 18.3 Å². The van der Waals surface area contributed by atoms with Crippen molar-refractivity contribution >= 4 is 19.9 Å². The molecule has 9 heteroatoms. The van der Waals surface area contributed by atoms with Crippen molar-refractivity contribution < 1.29 is 16.8 Å². The predicted molar refractivity (Wildman–Crippen MR) is 82.8 cm³/mol. The molecule has 1 aromatic heterocycles. The molecule has 1 aliphatic heterocycles. The molecule has 2 heterocycles. The van der Waals surface area contributed by atoms with Gasteiger partial charge in [-0.2, -0.15) is 4.31 Å². The maximum Gasteiger partial charge on any atom is 0.244 e. The van der Waals surface area contributed by atoms with E-state index in [1.54, 1.807) is 0 Å². The molecule has 0 radical (unpaired) electrons. The van der Waals surface area contributed by atoms with Crippen molar-refractivity contribution in [1.82, 2.24) is 14.6 Å². The summed E-state index contributed by atoms with van der Waals surface area (Å²) in [7, 11) is -5.15. The molecule has 1 N–H and O–H groups in total. The van der Waals surface area contributed by atoms with E-state index in [4.69, 9.17) is 0 Å². The molecule has 0 spiro atoms. The number of nitrogens with zero attached hydrogens (tertiary/aromatic N) is 2. The van der Waals surface area contributed by atoms with Crippen molar-refractivity contribution in [3.8, 4) is 0 Å². The molecule has 7 nitrogen and oxygen atoms in total. The number of hydrogen-bond acceptors (Lipinski definition) is 6. The third-order valence-electron chi connectivity index (χ3n) is 3.79. The highest BCUT2D eigenvalue weighted by atomic mass is 32.2. The molecule has 22 heavy (non-hydrogen) atoms. The standard InChI is InChI=1S/C13H21N3O4S2/c1-14-9-11-5-7-16(8-6-11)22(19,20)12-3-4-13(15-10-12)21(2,17)18/h3-4,10-11,14H,5-9H2,1-2H3. The Morgan fingerprint density at radius 3 is 2.32 bits per heavy atom. The molecule has 2 rings (SSSR count). The monoisotopic (exact) mass is 347 g/mol. The van der Waals surface area contributed by atoms with Crippen LogP contribution in [0.2, 0.25) is 0 Å². The van der Waals surface area contributed by atoms with Gasteiger partial charge in [0.1, 0.15) is 4.90 Å². The van der Waals surface area contributed by atoms with E-state index in [1.807, 2.05) is 7.05 Å². The fourth-order valence-electron chi connectivity index (χ4n) is 2.53. The van der Waals surface area contributed by atoms with Crippen LogP contribution in [0.4, 0.5) is 0 Å². The van der Waals surface area contributed by atoms with Gasteiger partial charge >= 0.3 is 0 Å². The van der Waals surface area contributed by atoms with Gasteiger partial charge in [0.15, 0.2) is 14.9 Å². The van der Waals surface area contributed by atoms with E-state index in [-0.39, 0.29) is 9.92 Å². The first-order valence-corrected chi connectivity index (χ1v) is 10.4. The van der Waals surface area contributed by atoms with Crippen LogP contribution in [0, 0.1) is 5.92 Å². The van der Waals surface area contributed by atoms with Crippen molar-refractivity contribution in [2.24, 2.45) is 5.92 Å². The maximum absolute atomic E-state index is 12.5. The van der Waals surface area contributed by atoms with Crippen LogP contribution in [0.1, 0.15) is 12.8 Å². The van der Waals surface area contributed by atoms with Crippen LogP contribution in [-0.2, 0) is 19.9 Å². The van der Waals surface area contributed by atoms with Crippen LogP contribution >= 0.6 is 0 Å². The lowest BCUT2D eigenvalue weighted by molar-refractivity contribution is 0.270. The lowest BCUT2D eigenvalue weighted by Gasteiger charge is -2.31. The van der Waals surface area contributed by atoms with Gasteiger partial charge in [-0.3, -0.25) is 0 Å². The summed E-state index contributed by atoms with van der Waals surface area (Å²) >= 11 is 0. The van der Waals surface area contributed by atoms with E-state index in [0.29, 0.717) is 19.0 Å². The average molecular weight is 347 g/mol. The number of piperidine rings is 1. The van der Waals surface area contributed by atoms with Crippen molar-refractivity contribution in [2.75, 3.05) is 32.9 Å². The molecule has 0 atom stereocenters. The maximum atomic E-state index is 12.5. The Kier molecular flexibility index (Phi) is 5.21. The molecule has 0 saturated carbocycles. The number of sulfone groups is 1. The highest BCUT2D eigenvalue weighted by Crippen LogP contribution is 2.23. The van der Waals surface area contributed by atoms with Crippen LogP contribution in [0.3, 0.4) is 0 Å². The Labute approximate surface area is 131 Å². The Morgan fingerprint density at radius 2 is 1.86 bits per heavy atom. The number of hydrogen-bond donors (Lipinski definition) is 1. The zero-order chi connectivity index (χ0) is 16.4. The summed E-state index contributed by atoms with van der Waals surface area (Å²) in [4.78, 5) is 3.79. The first-order valence-electron chi connectivity index (χ1n) is 7.06. The topological polar surface area (TPSA) is 96.4 Å². The Morgan fingerprint density at radius 1 is 1.23 bits per heavy atom. The van der Waals surface area contributed by atoms with Crippen LogP contribution < -0.4 is 5.32 Å². The van der Waals surface area contributed by atoms with Gasteiger partial charge < -0.3 is 5.32 Å². The molecule has 0 unspecified atom stereocenters. The van der Waals surface area contributed by atoms with E-state index in [0.717, 1.165) is 31.8 Å². The molecular weight excluding hydrogens is 326 g/mol. The summed E-state index contributed by atoms with van der Waals surface area (Å²) < 4.78 is 49.2. The number of rotatable bonds is 5. The highest BCUT2D eigenvalue weighted by molar-refractivity contribution is 7.90. The summed E-state index contributed by atoms with van der Waals surface area (Å²) in [6.07, 6.45) is 3.78. The van der Waals surface area contributed by atoms with Crippen LogP contribution in [0.15, 0.2) is 28.3 Å². The third-order valence-corrected chi connectivity index (χ3v) is 6.68. The van der Waals surface area contributed by atoms with Gasteiger partial charge in [-0.1, -0.05) is 0 Å². The quantitative estimate of drug-likeness (QED) is 0.812. The lowest BCUT2D eigenvalue weighted by Crippen LogP contribution is -2.40. The van der Waals surface area contributed by atoms with Gasteiger partial charge in [-0.25, -0.2) is 21.8 Å². The molecule has 0 aromatic carbocycles. The summed E-state index contributed by atoms with van der Waals surface area (Å²) in [5.74, 6) is 0.488. The molecule has 0 bridgehead atoms. The summed E-state index contributed by atoms with van der Waals surface area (Å²) in [5.41, 5.74) is 0. The van der Waals surface area contributed by atoms with Crippen molar-refractivity contribution in [2.45, 2.75) is 22.8 Å². The molecule has 1 aromatic rings. The van der Waals surface area contributed by atoms with Crippen LogP contribution in [0.25, 0.3) is 0 Å². The smallest absolute Gasteiger partial charge is 0.244 e. The molecule has 1 aliphatic rings. The Hall–Kier alpha value is -1.03. The van der Waals surface area contributed by atoms with Gasteiger partial charge in [-0.05, 0) is 44.5 Å². The normalized spacial score (nSPS) is 18.5. The van der Waals surface area contributed by atoms with Gasteiger partial charge in [0.2, 0.25) is 10.0 Å². The number of nitrogens with one attached hydrogen (secondary N) is 1. The van der Waals surface area contributed by atoms with Gasteiger partial charge in [-0.15, -0.1) is 0 Å². The van der Waals surface area contributed by atoms with Crippen LogP contribution in [-0.4, -0.2) is 59.1 Å². The summed E-state index contributed by atoms with van der Waals surface area (Å²) in [6.45, 7) is 1.84. The first-order chi connectivity index (χ1) is 10.2. The van der Waals surface area contributed by atoms with Gasteiger partial charge in [0, 0.05) is 25.5 Å². The zero-order valence-electron chi connectivity index (χ0n) is 12.7. The van der Waals surface area contributed by atoms with Gasteiger partial charge in [0.05, 0.1) is 0 Å². The van der Waals surface area contributed by atoms with E-state index in [2.05, 4.69) is 10.3 Å². The highest BCUT2D eigenvalue weighted by Gasteiger charge is 2.29. The first kappa shape index (κ1) is 17.3. The Bertz CT molecular complexity index is 706. The van der Waals surface area contributed by atoms with E-state index < -0.39 is 19.9 Å². The second kappa shape index (κ2) is 6.61. The molecule has 1 fully saturated rings. The molecule has 0 aliphatic carbocycles. The Balaban J connectivity index is 2.14. The number of aromatic nitrogens is 1. The second-order valence-electron chi connectivity index (χ2n) is 5.51. The van der Waals surface area contributed by atoms with E-state index in [9.17, 15) is 16.8 Å². The van der Waals surface area contributed by atoms with Crippen LogP contribution in [0.5, 0.6) is 0 Å². The zero-order valence-corrected chi connectivity index (χ0v) is 14.3. The fraction of sp³-hybridized carbons (Fsp3) is 0.615. The number of pyridine rings is 1. The molecule has 1 saturated heterocycles. The minimum Gasteiger partial charge on any atom is -0.319 e. The summed E-state index contributed by atoms with van der Waals surface area (Å²) in [5, 5.41) is 2.98. The largest absolute Gasteiger partial charge is 0.319 e. The van der Waals surface area contributed by atoms with Gasteiger partial charge in [0.25, 0.3) is 0 Å². The fourth-order valence-corrected chi connectivity index (χ4v) is 4.51. The SMILES string of the molecule is CNCC1CCN(S(=O)(=O)c2ccc(S(C)(=O)=O)nc2)CC1. The minimum absolute atomic E-state index is 0.0342. The van der Waals surface area contributed by atoms with E-state index in [1.165, 1.54) is 16.4 Å². The average Bonchev–Trinajstić information content (AvgIpc) is 2.47. The predicted octanol–water partition coefficient (Wildman–Crippen LogP) is 0.105. The second-order valence-corrected chi connectivity index (χ2v) is 9.41. The minimum atomic E-state index is -3.61. The summed E-state index contributed by atoms with van der Waals surface area (Å²) in [6, 6.07) is 2.54. The van der Waals surface area contributed by atoms with E-state index >= 15 is 0 Å². The third kappa shape index (κ3) is 3.83. The molecule has 124 valence electrons. The van der Waals surface area contributed by atoms with Crippen molar-refractivity contribution in [3.63, 3.8) is 0 Å². The number of sulfonamides is 1. The van der Waals surface area contributed by atoms with Crippen molar-refractivity contribution in [1.29, 1.82) is 0 Å². The molecular formula is C13H21N3O4S2.